The quantitative estimate of drug-likeness (QED) is 0.620. The van der Waals surface area contributed by atoms with E-state index in [9.17, 15) is 9.59 Å². The molecule has 2 aromatic rings. The molecule has 4 rings (SSSR count). The summed E-state index contributed by atoms with van der Waals surface area (Å²) in [5.74, 6) is 0.144. The summed E-state index contributed by atoms with van der Waals surface area (Å²) in [7, 11) is 0. The predicted molar refractivity (Wildman–Crippen MR) is 109 cm³/mol. The number of rotatable bonds is 2. The van der Waals surface area contributed by atoms with Gasteiger partial charge in [0.25, 0.3) is 0 Å². The zero-order valence-corrected chi connectivity index (χ0v) is 17.4. The number of fused-ring (bicyclic) bond motifs is 2. The standard InChI is InChI=1S/2C10H9NOS.Co/c2*1-7(12)6-10-11-8-4-2-3-5-9(8)13-10;/h2*2-6,11H,1H3;. The van der Waals surface area contributed by atoms with Gasteiger partial charge in [-0.2, -0.15) is 0 Å². The van der Waals surface area contributed by atoms with Crippen LogP contribution in [0.15, 0.2) is 80.5 Å². The molecule has 2 aliphatic heterocycles. The van der Waals surface area contributed by atoms with Crippen LogP contribution in [0.4, 0.5) is 11.4 Å². The van der Waals surface area contributed by atoms with E-state index in [4.69, 9.17) is 0 Å². The summed E-state index contributed by atoms with van der Waals surface area (Å²) in [6.45, 7) is 3.11. The van der Waals surface area contributed by atoms with Crippen LogP contribution < -0.4 is 10.6 Å². The third kappa shape index (κ3) is 6.03. The summed E-state index contributed by atoms with van der Waals surface area (Å²) in [6, 6.07) is 16.0. The van der Waals surface area contributed by atoms with Crippen molar-refractivity contribution in [1.29, 1.82) is 0 Å². The Hall–Kier alpha value is -1.93. The van der Waals surface area contributed by atoms with Crippen LogP contribution in [0.1, 0.15) is 13.8 Å². The minimum Gasteiger partial charge on any atom is -0.349 e. The summed E-state index contributed by atoms with van der Waals surface area (Å²) >= 11 is 3.19. The zero-order chi connectivity index (χ0) is 18.5. The van der Waals surface area contributed by atoms with Crippen LogP contribution >= 0.6 is 23.5 Å². The molecule has 0 atom stereocenters. The normalized spacial score (nSPS) is 16.2. The molecule has 7 heteroatoms. The maximum absolute atomic E-state index is 10.8. The fourth-order valence-corrected chi connectivity index (χ4v) is 4.37. The van der Waals surface area contributed by atoms with Gasteiger partial charge in [-0.1, -0.05) is 47.8 Å². The summed E-state index contributed by atoms with van der Waals surface area (Å²) in [5, 5.41) is 8.16. The first-order valence-electron chi connectivity index (χ1n) is 8.03. The van der Waals surface area contributed by atoms with Gasteiger partial charge in [0, 0.05) is 38.7 Å². The van der Waals surface area contributed by atoms with Gasteiger partial charge in [0.05, 0.1) is 21.4 Å². The number of hydrogen-bond acceptors (Lipinski definition) is 6. The average molecular weight is 441 g/mol. The number of carbonyl (C=O) groups is 2. The van der Waals surface area contributed by atoms with E-state index < -0.39 is 0 Å². The van der Waals surface area contributed by atoms with Crippen LogP contribution in [0, 0.1) is 0 Å². The maximum atomic E-state index is 10.8. The second kappa shape index (κ2) is 9.84. The molecule has 0 aliphatic carbocycles. The third-order valence-electron chi connectivity index (χ3n) is 3.40. The van der Waals surface area contributed by atoms with Crippen molar-refractivity contribution in [2.75, 3.05) is 10.6 Å². The Morgan fingerprint density at radius 3 is 1.44 bits per heavy atom. The van der Waals surface area contributed by atoms with Crippen LogP contribution in [0.3, 0.4) is 0 Å². The van der Waals surface area contributed by atoms with Gasteiger partial charge < -0.3 is 10.6 Å². The largest absolute Gasteiger partial charge is 0.349 e. The van der Waals surface area contributed by atoms with Crippen LogP contribution in [-0.4, -0.2) is 11.6 Å². The SMILES string of the molecule is CC(=O)C=C1Nc2ccccc2S1.CC(=O)C=C1Nc2ccccc2S1.[Co]. The Bertz CT molecular complexity index is 796. The summed E-state index contributed by atoms with van der Waals surface area (Å²) in [5.41, 5.74) is 2.17. The van der Waals surface area contributed by atoms with Crippen molar-refractivity contribution in [2.24, 2.45) is 0 Å². The number of hydrogen-bond donors (Lipinski definition) is 2. The summed E-state index contributed by atoms with van der Waals surface area (Å²) in [4.78, 5) is 24.0. The summed E-state index contributed by atoms with van der Waals surface area (Å²) in [6.07, 6.45) is 3.23. The molecule has 1 radical (unpaired) electrons. The topological polar surface area (TPSA) is 58.2 Å². The predicted octanol–water partition coefficient (Wildman–Crippen LogP) is 5.27. The molecular weight excluding hydrogens is 423 g/mol. The van der Waals surface area contributed by atoms with Crippen molar-refractivity contribution >= 4 is 46.5 Å². The number of ketones is 2. The van der Waals surface area contributed by atoms with E-state index in [2.05, 4.69) is 10.6 Å². The maximum Gasteiger partial charge on any atom is 0.155 e. The van der Waals surface area contributed by atoms with E-state index in [0.717, 1.165) is 21.4 Å². The first-order valence-corrected chi connectivity index (χ1v) is 9.67. The first-order chi connectivity index (χ1) is 12.5. The molecule has 0 spiro atoms. The molecular formula is C20H18CoN2O2S2. The minimum atomic E-state index is 0. The van der Waals surface area contributed by atoms with Crippen molar-refractivity contribution in [1.82, 2.24) is 0 Å². The number of anilines is 2. The molecule has 0 fully saturated rings. The fraction of sp³-hybridized carbons (Fsp3) is 0.100. The molecule has 0 saturated carbocycles. The number of nitrogens with one attached hydrogen (secondary N) is 2. The van der Waals surface area contributed by atoms with Crippen molar-refractivity contribution in [3.63, 3.8) is 0 Å². The van der Waals surface area contributed by atoms with Crippen LogP contribution in [-0.2, 0) is 26.4 Å². The molecule has 0 aromatic heterocycles. The smallest absolute Gasteiger partial charge is 0.155 e. The van der Waals surface area contributed by atoms with Gasteiger partial charge in [0.1, 0.15) is 0 Å². The van der Waals surface area contributed by atoms with Gasteiger partial charge in [0.15, 0.2) is 11.6 Å². The van der Waals surface area contributed by atoms with E-state index in [1.54, 1.807) is 49.5 Å². The number of carbonyl (C=O) groups excluding carboxylic acids is 2. The minimum absolute atomic E-state index is 0. The molecule has 2 aromatic carbocycles. The van der Waals surface area contributed by atoms with Gasteiger partial charge in [-0.3, -0.25) is 9.59 Å². The van der Waals surface area contributed by atoms with Gasteiger partial charge in [-0.05, 0) is 38.1 Å². The molecule has 0 unspecified atom stereocenters. The molecule has 0 amide bonds. The van der Waals surface area contributed by atoms with E-state index >= 15 is 0 Å². The second-order valence-corrected chi connectivity index (χ2v) is 7.85. The number of allylic oxidation sites excluding steroid dienone is 2. The van der Waals surface area contributed by atoms with Crippen molar-refractivity contribution in [3.05, 3.63) is 70.7 Å². The monoisotopic (exact) mass is 441 g/mol. The Labute approximate surface area is 177 Å². The molecule has 27 heavy (non-hydrogen) atoms. The van der Waals surface area contributed by atoms with Gasteiger partial charge in [-0.25, -0.2) is 0 Å². The van der Waals surface area contributed by atoms with Gasteiger partial charge in [0.2, 0.25) is 0 Å². The van der Waals surface area contributed by atoms with E-state index in [1.807, 2.05) is 48.5 Å². The van der Waals surface area contributed by atoms with E-state index in [1.165, 1.54) is 9.79 Å². The molecule has 0 bridgehead atoms. The number of benzene rings is 2. The van der Waals surface area contributed by atoms with Crippen LogP contribution in [0.25, 0.3) is 0 Å². The van der Waals surface area contributed by atoms with E-state index in [-0.39, 0.29) is 28.3 Å². The molecule has 141 valence electrons. The van der Waals surface area contributed by atoms with Crippen LogP contribution in [0.2, 0.25) is 0 Å². The average Bonchev–Trinajstić information content (AvgIpc) is 3.16. The van der Waals surface area contributed by atoms with Crippen LogP contribution in [0.5, 0.6) is 0 Å². The Kier molecular flexibility index (Phi) is 7.79. The molecule has 2 aliphatic rings. The number of para-hydroxylation sites is 2. The van der Waals surface area contributed by atoms with Crippen molar-refractivity contribution in [2.45, 2.75) is 23.6 Å². The second-order valence-electron chi connectivity index (χ2n) is 5.68. The fourth-order valence-electron chi connectivity index (χ4n) is 2.37. The molecule has 2 heterocycles. The van der Waals surface area contributed by atoms with Crippen molar-refractivity contribution < 1.29 is 26.4 Å². The number of thioether (sulfide) groups is 2. The first kappa shape index (κ1) is 21.4. The molecule has 2 N–H and O–H groups in total. The molecule has 0 saturated heterocycles. The van der Waals surface area contributed by atoms with Gasteiger partial charge >= 0.3 is 0 Å². The Morgan fingerprint density at radius 2 is 1.11 bits per heavy atom. The Balaban J connectivity index is 0.000000187. The van der Waals surface area contributed by atoms with E-state index in [0.29, 0.717) is 0 Å². The Morgan fingerprint density at radius 1 is 0.741 bits per heavy atom. The van der Waals surface area contributed by atoms with Gasteiger partial charge in [-0.15, -0.1) is 0 Å². The van der Waals surface area contributed by atoms with Crippen molar-refractivity contribution in [3.8, 4) is 0 Å². The zero-order valence-electron chi connectivity index (χ0n) is 14.7. The third-order valence-corrected chi connectivity index (χ3v) is 5.43. The summed E-state index contributed by atoms with van der Waals surface area (Å²) < 4.78 is 0. The molecule has 4 nitrogen and oxygen atoms in total.